The van der Waals surface area contributed by atoms with Gasteiger partial charge in [0.25, 0.3) is 0 Å². The smallest absolute Gasteiger partial charge is 0.216 e. The molecule has 0 aliphatic carbocycles. The highest BCUT2D eigenvalue weighted by Gasteiger charge is 2.40. The molecule has 1 heterocycles. The van der Waals surface area contributed by atoms with E-state index >= 15 is 0 Å². The third-order valence-electron chi connectivity index (χ3n) is 4.99. The number of methoxy groups -OCH3 is 1. The molecule has 1 aromatic rings. The molecule has 0 unspecified atom stereocenters. The minimum atomic E-state index is -1.29. The molecule has 2 rings (SSSR count). The van der Waals surface area contributed by atoms with Crippen molar-refractivity contribution in [1.82, 2.24) is 15.1 Å². The van der Waals surface area contributed by atoms with E-state index in [1.807, 2.05) is 32.3 Å². The van der Waals surface area contributed by atoms with Gasteiger partial charge in [0.05, 0.1) is 13.2 Å². The maximum atomic E-state index is 11.1. The van der Waals surface area contributed by atoms with Gasteiger partial charge in [-0.2, -0.15) is 0 Å². The largest absolute Gasteiger partial charge is 0.493 e. The molecule has 0 aromatic heterocycles. The summed E-state index contributed by atoms with van der Waals surface area (Å²) >= 11 is 0. The van der Waals surface area contributed by atoms with Crippen LogP contribution in [-0.2, 0) is 11.3 Å². The molecule has 1 aromatic carbocycles. The zero-order chi connectivity index (χ0) is 20.7. The molecule has 158 valence electrons. The van der Waals surface area contributed by atoms with Gasteiger partial charge in [-0.3, -0.25) is 9.69 Å². The fourth-order valence-electron chi connectivity index (χ4n) is 3.18. The number of β-amino-alcohol motifs (C(OH)–C–C–N with tert-alkyl or cyclic N) is 1. The summed E-state index contributed by atoms with van der Waals surface area (Å²) in [5.74, 6) is 1.16. The number of carbonyl (C=O) groups excluding carboxylic acids is 1. The number of nitrogens with zero attached hydrogens (tertiary/aromatic N) is 2. The maximum Gasteiger partial charge on any atom is 0.216 e. The predicted octanol–water partition coefficient (Wildman–Crippen LogP) is 0.0694. The Morgan fingerprint density at radius 3 is 2.75 bits per heavy atom. The van der Waals surface area contributed by atoms with Gasteiger partial charge < -0.3 is 29.9 Å². The molecule has 2 atom stereocenters. The van der Waals surface area contributed by atoms with Gasteiger partial charge in [-0.05, 0) is 38.2 Å². The number of benzene rings is 1. The number of likely N-dealkylation sites (N-methyl/N-ethyl adjacent to an activating group) is 1. The lowest BCUT2D eigenvalue weighted by Gasteiger charge is -2.42. The van der Waals surface area contributed by atoms with Crippen LogP contribution in [0.2, 0.25) is 0 Å². The van der Waals surface area contributed by atoms with Gasteiger partial charge in [0.15, 0.2) is 11.5 Å². The van der Waals surface area contributed by atoms with Crippen molar-refractivity contribution in [2.45, 2.75) is 31.6 Å². The summed E-state index contributed by atoms with van der Waals surface area (Å²) in [6, 6.07) is 5.82. The van der Waals surface area contributed by atoms with Gasteiger partial charge in [0.1, 0.15) is 12.2 Å². The van der Waals surface area contributed by atoms with E-state index in [0.29, 0.717) is 44.2 Å². The topological polar surface area (TPSA) is 94.5 Å². The van der Waals surface area contributed by atoms with Gasteiger partial charge in [-0.15, -0.1) is 0 Å². The van der Waals surface area contributed by atoms with Crippen LogP contribution in [0.15, 0.2) is 18.2 Å². The molecule has 8 heteroatoms. The summed E-state index contributed by atoms with van der Waals surface area (Å²) in [5, 5.41) is 23.6. The number of aliphatic hydroxyl groups is 2. The summed E-state index contributed by atoms with van der Waals surface area (Å²) in [6.45, 7) is 4.43. The number of rotatable bonds is 9. The van der Waals surface area contributed by atoms with Crippen LogP contribution in [0.4, 0.5) is 0 Å². The second-order valence-corrected chi connectivity index (χ2v) is 7.65. The molecular weight excluding hydrogens is 362 g/mol. The van der Waals surface area contributed by atoms with Crippen LogP contribution in [0.1, 0.15) is 18.9 Å². The lowest BCUT2D eigenvalue weighted by molar-refractivity contribution is -0.130. The molecule has 0 spiro atoms. The number of carbonyl (C=O) groups is 1. The van der Waals surface area contributed by atoms with Crippen LogP contribution in [0.25, 0.3) is 0 Å². The van der Waals surface area contributed by atoms with Crippen LogP contribution < -0.4 is 14.8 Å². The van der Waals surface area contributed by atoms with Gasteiger partial charge in [0, 0.05) is 39.6 Å². The summed E-state index contributed by atoms with van der Waals surface area (Å²) in [7, 11) is 5.60. The van der Waals surface area contributed by atoms with E-state index in [0.717, 1.165) is 12.1 Å². The Hall–Kier alpha value is -1.87. The molecule has 1 amide bonds. The molecule has 0 saturated carbocycles. The maximum absolute atomic E-state index is 11.1. The Morgan fingerprint density at radius 1 is 1.39 bits per heavy atom. The Balaban J connectivity index is 1.94. The highest BCUT2D eigenvalue weighted by Crippen LogP contribution is 2.30. The minimum Gasteiger partial charge on any atom is -0.493 e. The Kier molecular flexibility index (Phi) is 8.06. The van der Waals surface area contributed by atoms with E-state index in [2.05, 4.69) is 15.1 Å². The predicted molar refractivity (Wildman–Crippen MR) is 107 cm³/mol. The standard InChI is InChI=1S/C20H33N3O5/c1-15(24)21-14-20(26)7-8-23(13-19(20)25)12-16-5-6-17(18(11-16)27-4)28-10-9-22(2)3/h5-6,11,19,25-26H,7-10,12-14H2,1-4H3,(H,21,24)/t19-,20-/m1/s1. The van der Waals surface area contributed by atoms with E-state index in [1.165, 1.54) is 6.92 Å². The summed E-state index contributed by atoms with van der Waals surface area (Å²) in [6.07, 6.45) is -0.541. The van der Waals surface area contributed by atoms with E-state index in [-0.39, 0.29) is 12.5 Å². The fourth-order valence-corrected chi connectivity index (χ4v) is 3.18. The summed E-state index contributed by atoms with van der Waals surface area (Å²) in [5.41, 5.74) is -0.249. The first-order chi connectivity index (χ1) is 13.2. The summed E-state index contributed by atoms with van der Waals surface area (Å²) < 4.78 is 11.2. The number of hydrogen-bond donors (Lipinski definition) is 3. The van der Waals surface area contributed by atoms with Crippen molar-refractivity contribution in [2.24, 2.45) is 0 Å². The summed E-state index contributed by atoms with van der Waals surface area (Å²) in [4.78, 5) is 15.2. The van der Waals surface area contributed by atoms with Crippen molar-refractivity contribution in [3.63, 3.8) is 0 Å². The molecule has 0 radical (unpaired) electrons. The average Bonchev–Trinajstić information content (AvgIpc) is 2.64. The van der Waals surface area contributed by atoms with E-state index in [9.17, 15) is 15.0 Å². The van der Waals surface area contributed by atoms with Crippen LogP contribution >= 0.6 is 0 Å². The van der Waals surface area contributed by atoms with Crippen molar-refractivity contribution in [3.05, 3.63) is 23.8 Å². The Bertz CT molecular complexity index is 655. The lowest BCUT2D eigenvalue weighted by atomic mass is 9.88. The Labute approximate surface area is 167 Å². The van der Waals surface area contributed by atoms with Gasteiger partial charge in [-0.25, -0.2) is 0 Å². The van der Waals surface area contributed by atoms with E-state index in [1.54, 1.807) is 7.11 Å². The second kappa shape index (κ2) is 10.1. The number of aliphatic hydroxyl groups excluding tert-OH is 1. The van der Waals surface area contributed by atoms with Gasteiger partial charge >= 0.3 is 0 Å². The van der Waals surface area contributed by atoms with Crippen LogP contribution in [0.3, 0.4) is 0 Å². The molecule has 8 nitrogen and oxygen atoms in total. The lowest BCUT2D eigenvalue weighted by Crippen LogP contribution is -2.59. The van der Waals surface area contributed by atoms with Crippen molar-refractivity contribution in [2.75, 3.05) is 54.0 Å². The molecule has 1 saturated heterocycles. The van der Waals surface area contributed by atoms with Crippen LogP contribution in [0.5, 0.6) is 11.5 Å². The first kappa shape index (κ1) is 22.4. The van der Waals surface area contributed by atoms with Crippen molar-refractivity contribution in [3.8, 4) is 11.5 Å². The third-order valence-corrected chi connectivity index (χ3v) is 4.99. The van der Waals surface area contributed by atoms with Crippen molar-refractivity contribution < 1.29 is 24.5 Å². The van der Waals surface area contributed by atoms with E-state index in [4.69, 9.17) is 9.47 Å². The molecule has 0 bridgehead atoms. The number of ether oxygens (including phenoxy) is 2. The zero-order valence-electron chi connectivity index (χ0n) is 17.3. The Morgan fingerprint density at radius 2 is 2.14 bits per heavy atom. The third kappa shape index (κ3) is 6.34. The zero-order valence-corrected chi connectivity index (χ0v) is 17.3. The number of piperidine rings is 1. The highest BCUT2D eigenvalue weighted by atomic mass is 16.5. The van der Waals surface area contributed by atoms with Gasteiger partial charge in [0.2, 0.25) is 5.91 Å². The molecule has 1 aliphatic heterocycles. The quantitative estimate of drug-likeness (QED) is 0.545. The van der Waals surface area contributed by atoms with Crippen LogP contribution in [-0.4, -0.2) is 91.6 Å². The van der Waals surface area contributed by atoms with Crippen molar-refractivity contribution in [1.29, 1.82) is 0 Å². The fraction of sp³-hybridized carbons (Fsp3) is 0.650. The first-order valence-electron chi connectivity index (χ1n) is 9.55. The second-order valence-electron chi connectivity index (χ2n) is 7.65. The molecule has 1 fully saturated rings. The first-order valence-corrected chi connectivity index (χ1v) is 9.55. The SMILES string of the molecule is COc1cc(CN2CC[C@@](O)(CNC(C)=O)[C@H](O)C2)ccc1OCCN(C)C. The molecule has 3 N–H and O–H groups in total. The van der Waals surface area contributed by atoms with Gasteiger partial charge in [-0.1, -0.05) is 6.07 Å². The van der Waals surface area contributed by atoms with Crippen molar-refractivity contribution >= 4 is 5.91 Å². The van der Waals surface area contributed by atoms with Crippen LogP contribution in [0, 0.1) is 0 Å². The minimum absolute atomic E-state index is 0.0597. The van der Waals surface area contributed by atoms with E-state index < -0.39 is 11.7 Å². The number of hydrogen-bond acceptors (Lipinski definition) is 7. The number of likely N-dealkylation sites (tertiary alicyclic amines) is 1. The normalized spacial score (nSPS) is 22.9. The number of nitrogens with one attached hydrogen (secondary N) is 1. The molecule has 28 heavy (non-hydrogen) atoms. The average molecular weight is 396 g/mol. The molecular formula is C20H33N3O5. The monoisotopic (exact) mass is 395 g/mol. The molecule has 1 aliphatic rings. The highest BCUT2D eigenvalue weighted by molar-refractivity contribution is 5.72. The number of amides is 1.